The highest BCUT2D eigenvalue weighted by Gasteiger charge is 2.07. The lowest BCUT2D eigenvalue weighted by Crippen LogP contribution is -2.20. The first-order valence-electron chi connectivity index (χ1n) is 6.36. The number of benzene rings is 2. The molecule has 2 rings (SSSR count). The number of rotatable bonds is 5. The fraction of sp³-hybridized carbons (Fsp3) is 0.250. The molecule has 0 bridgehead atoms. The Hall–Kier alpha value is -1.80. The molecule has 2 aromatic carbocycles. The van der Waals surface area contributed by atoms with Crippen molar-refractivity contribution < 1.29 is 5.11 Å². The van der Waals surface area contributed by atoms with Gasteiger partial charge in [-0.25, -0.2) is 0 Å². The Morgan fingerprint density at radius 1 is 1.06 bits per heavy atom. The summed E-state index contributed by atoms with van der Waals surface area (Å²) in [5.74, 6) is 0.321. The van der Waals surface area contributed by atoms with Gasteiger partial charge in [0.1, 0.15) is 5.75 Å². The van der Waals surface area contributed by atoms with Crippen LogP contribution in [0.1, 0.15) is 30.5 Å². The summed E-state index contributed by atoms with van der Waals surface area (Å²) in [6.07, 6.45) is 1.04. The van der Waals surface area contributed by atoms with Gasteiger partial charge >= 0.3 is 0 Å². The van der Waals surface area contributed by atoms with E-state index >= 15 is 0 Å². The van der Waals surface area contributed by atoms with Crippen LogP contribution in [-0.4, -0.2) is 5.11 Å². The Morgan fingerprint density at radius 3 is 2.50 bits per heavy atom. The van der Waals surface area contributed by atoms with Crippen LogP contribution < -0.4 is 5.32 Å². The zero-order chi connectivity index (χ0) is 12.8. The van der Waals surface area contributed by atoms with Crippen LogP contribution in [0.15, 0.2) is 54.6 Å². The van der Waals surface area contributed by atoms with Crippen molar-refractivity contribution in [3.8, 4) is 5.75 Å². The number of hydrogen-bond donors (Lipinski definition) is 2. The minimum Gasteiger partial charge on any atom is -0.508 e. The van der Waals surface area contributed by atoms with Gasteiger partial charge in [0.2, 0.25) is 0 Å². The van der Waals surface area contributed by atoms with Crippen LogP contribution in [0.5, 0.6) is 5.75 Å². The third-order valence-electron chi connectivity index (χ3n) is 3.07. The van der Waals surface area contributed by atoms with Crippen molar-refractivity contribution in [3.05, 3.63) is 65.7 Å². The van der Waals surface area contributed by atoms with E-state index in [1.54, 1.807) is 12.1 Å². The number of nitrogens with one attached hydrogen (secondary N) is 1. The third-order valence-corrected chi connectivity index (χ3v) is 3.07. The van der Waals surface area contributed by atoms with Crippen molar-refractivity contribution in [2.24, 2.45) is 0 Å². The van der Waals surface area contributed by atoms with Crippen LogP contribution >= 0.6 is 0 Å². The van der Waals surface area contributed by atoms with Crippen molar-refractivity contribution in [3.63, 3.8) is 0 Å². The Kier molecular flexibility index (Phi) is 4.37. The molecule has 0 amide bonds. The number of aromatic hydroxyl groups is 1. The normalized spacial score (nSPS) is 12.3. The molecule has 0 aliphatic heterocycles. The SMILES string of the molecule is CCC(NCc1cccc(O)c1)c1ccccc1. The van der Waals surface area contributed by atoms with Crippen molar-refractivity contribution in [1.82, 2.24) is 5.32 Å². The second kappa shape index (κ2) is 6.22. The van der Waals surface area contributed by atoms with Gasteiger partial charge in [-0.05, 0) is 29.7 Å². The molecule has 2 nitrogen and oxygen atoms in total. The van der Waals surface area contributed by atoms with E-state index in [0.29, 0.717) is 11.8 Å². The largest absolute Gasteiger partial charge is 0.508 e. The molecular weight excluding hydrogens is 222 g/mol. The first-order valence-corrected chi connectivity index (χ1v) is 6.36. The van der Waals surface area contributed by atoms with Crippen LogP contribution in [-0.2, 0) is 6.54 Å². The maximum atomic E-state index is 9.42. The minimum absolute atomic E-state index is 0.321. The predicted octanol–water partition coefficient (Wildman–Crippen LogP) is 3.63. The average Bonchev–Trinajstić information content (AvgIpc) is 2.41. The predicted molar refractivity (Wildman–Crippen MR) is 74.4 cm³/mol. The molecule has 2 aromatic rings. The van der Waals surface area contributed by atoms with E-state index < -0.39 is 0 Å². The zero-order valence-electron chi connectivity index (χ0n) is 10.6. The van der Waals surface area contributed by atoms with E-state index in [1.807, 2.05) is 18.2 Å². The Morgan fingerprint density at radius 2 is 1.83 bits per heavy atom. The maximum Gasteiger partial charge on any atom is 0.115 e. The molecule has 0 aromatic heterocycles. The molecule has 0 aliphatic carbocycles. The highest BCUT2D eigenvalue weighted by atomic mass is 16.3. The summed E-state index contributed by atoms with van der Waals surface area (Å²) in [5.41, 5.74) is 2.41. The quantitative estimate of drug-likeness (QED) is 0.837. The molecule has 0 heterocycles. The molecule has 0 saturated heterocycles. The minimum atomic E-state index is 0.321. The average molecular weight is 241 g/mol. The van der Waals surface area contributed by atoms with Crippen LogP contribution in [0.2, 0.25) is 0 Å². The molecule has 2 N–H and O–H groups in total. The van der Waals surface area contributed by atoms with E-state index in [2.05, 4.69) is 36.5 Å². The smallest absolute Gasteiger partial charge is 0.115 e. The third kappa shape index (κ3) is 3.34. The molecule has 0 fully saturated rings. The molecule has 0 spiro atoms. The first kappa shape index (κ1) is 12.7. The molecule has 0 aliphatic rings. The van der Waals surface area contributed by atoms with Gasteiger partial charge in [0, 0.05) is 12.6 Å². The Balaban J connectivity index is 2.00. The monoisotopic (exact) mass is 241 g/mol. The zero-order valence-corrected chi connectivity index (χ0v) is 10.6. The molecular formula is C16H19NO. The highest BCUT2D eigenvalue weighted by molar-refractivity contribution is 5.27. The van der Waals surface area contributed by atoms with Gasteiger partial charge in [-0.2, -0.15) is 0 Å². The molecule has 18 heavy (non-hydrogen) atoms. The molecule has 2 heteroatoms. The van der Waals surface area contributed by atoms with Crippen LogP contribution in [0.25, 0.3) is 0 Å². The van der Waals surface area contributed by atoms with Gasteiger partial charge in [0.05, 0.1) is 0 Å². The summed E-state index contributed by atoms with van der Waals surface area (Å²) in [5, 5.41) is 12.9. The van der Waals surface area contributed by atoms with Crippen LogP contribution in [0.4, 0.5) is 0 Å². The summed E-state index contributed by atoms with van der Waals surface area (Å²) >= 11 is 0. The summed E-state index contributed by atoms with van der Waals surface area (Å²) in [6, 6.07) is 18.2. The Bertz CT molecular complexity index is 481. The van der Waals surface area contributed by atoms with E-state index in [0.717, 1.165) is 18.5 Å². The molecule has 1 unspecified atom stereocenters. The highest BCUT2D eigenvalue weighted by Crippen LogP contribution is 2.17. The standard InChI is InChI=1S/C16H19NO/c1-2-16(14-8-4-3-5-9-14)17-12-13-7-6-10-15(18)11-13/h3-11,16-18H,2,12H2,1H3. The number of hydrogen-bond acceptors (Lipinski definition) is 2. The van der Waals surface area contributed by atoms with E-state index in [-0.39, 0.29) is 0 Å². The summed E-state index contributed by atoms with van der Waals surface area (Å²) in [4.78, 5) is 0. The molecule has 94 valence electrons. The summed E-state index contributed by atoms with van der Waals surface area (Å²) in [7, 11) is 0. The van der Waals surface area contributed by atoms with Crippen molar-refractivity contribution >= 4 is 0 Å². The molecule has 0 saturated carbocycles. The second-order valence-electron chi connectivity index (χ2n) is 4.42. The van der Waals surface area contributed by atoms with Crippen molar-refractivity contribution in [1.29, 1.82) is 0 Å². The van der Waals surface area contributed by atoms with Crippen molar-refractivity contribution in [2.75, 3.05) is 0 Å². The number of phenolic OH excluding ortho intramolecular Hbond substituents is 1. The number of phenols is 1. The maximum absolute atomic E-state index is 9.42. The van der Waals surface area contributed by atoms with Gasteiger partial charge in [0.25, 0.3) is 0 Å². The lowest BCUT2D eigenvalue weighted by atomic mass is 10.0. The lowest BCUT2D eigenvalue weighted by Gasteiger charge is -2.17. The fourth-order valence-corrected chi connectivity index (χ4v) is 2.09. The summed E-state index contributed by atoms with van der Waals surface area (Å²) in [6.45, 7) is 2.94. The second-order valence-corrected chi connectivity index (χ2v) is 4.42. The van der Waals surface area contributed by atoms with Gasteiger partial charge in [0.15, 0.2) is 0 Å². The van der Waals surface area contributed by atoms with E-state index in [4.69, 9.17) is 0 Å². The van der Waals surface area contributed by atoms with Crippen LogP contribution in [0.3, 0.4) is 0 Å². The topological polar surface area (TPSA) is 32.3 Å². The van der Waals surface area contributed by atoms with Gasteiger partial charge in [-0.3, -0.25) is 0 Å². The molecule has 1 atom stereocenters. The van der Waals surface area contributed by atoms with Gasteiger partial charge in [-0.15, -0.1) is 0 Å². The Labute approximate surface area is 108 Å². The van der Waals surface area contributed by atoms with E-state index in [1.165, 1.54) is 5.56 Å². The van der Waals surface area contributed by atoms with E-state index in [9.17, 15) is 5.11 Å². The molecule has 0 radical (unpaired) electrons. The van der Waals surface area contributed by atoms with Gasteiger partial charge in [-0.1, -0.05) is 49.4 Å². The van der Waals surface area contributed by atoms with Gasteiger partial charge < -0.3 is 10.4 Å². The summed E-state index contributed by atoms with van der Waals surface area (Å²) < 4.78 is 0. The fourth-order valence-electron chi connectivity index (χ4n) is 2.09. The van der Waals surface area contributed by atoms with Crippen molar-refractivity contribution in [2.45, 2.75) is 25.9 Å². The van der Waals surface area contributed by atoms with Crippen LogP contribution in [0, 0.1) is 0 Å². The first-order chi connectivity index (χ1) is 8.79. The lowest BCUT2D eigenvalue weighted by molar-refractivity contribution is 0.472.